The molecule has 0 saturated heterocycles. The zero-order chi connectivity index (χ0) is 35.1. The lowest BCUT2D eigenvalue weighted by Gasteiger charge is -2.23. The van der Waals surface area contributed by atoms with Gasteiger partial charge in [-0.3, -0.25) is 0 Å². The highest BCUT2D eigenvalue weighted by atomic mass is 35.5. The van der Waals surface area contributed by atoms with Crippen LogP contribution in [0.5, 0.6) is 0 Å². The summed E-state index contributed by atoms with van der Waals surface area (Å²) in [5.74, 6) is 1.45. The van der Waals surface area contributed by atoms with Gasteiger partial charge in [0.25, 0.3) is 0 Å². The first kappa shape index (κ1) is 36.4. The monoisotopic (exact) mass is 734 g/mol. The van der Waals surface area contributed by atoms with E-state index in [0.717, 1.165) is 32.4 Å². The van der Waals surface area contributed by atoms with Gasteiger partial charge in [0.1, 0.15) is 0 Å². The van der Waals surface area contributed by atoms with Crippen LogP contribution in [-0.2, 0) is 0 Å². The number of allylic oxidation sites excluding steroid dienone is 16. The molecule has 49 heavy (non-hydrogen) atoms. The van der Waals surface area contributed by atoms with Crippen LogP contribution in [0.25, 0.3) is 0 Å². The second kappa shape index (κ2) is 14.7. The summed E-state index contributed by atoms with van der Waals surface area (Å²) < 4.78 is 0. The Bertz CT molecular complexity index is 1730. The highest BCUT2D eigenvalue weighted by Crippen LogP contribution is 2.47. The molecule has 4 aliphatic carbocycles. The number of hydrogen-bond acceptors (Lipinski definition) is 0. The van der Waals surface area contributed by atoms with Crippen LogP contribution in [0.3, 0.4) is 0 Å². The Morgan fingerprint density at radius 1 is 0.571 bits per heavy atom. The van der Waals surface area contributed by atoms with Crippen LogP contribution in [-0.4, -0.2) is 25.7 Å². The maximum atomic E-state index is 6.93. The van der Waals surface area contributed by atoms with Gasteiger partial charge in [-0.1, -0.05) is 185 Å². The fraction of sp³-hybridized carbons (Fsp3) is 0.364. The third-order valence-electron chi connectivity index (χ3n) is 10.9. The molecule has 0 spiro atoms. The molecule has 0 N–H and O–H groups in total. The second-order valence-corrected chi connectivity index (χ2v) is 28.4. The molecule has 0 nitrogen and oxygen atoms in total. The van der Waals surface area contributed by atoms with Gasteiger partial charge in [-0.15, -0.1) is 0 Å². The van der Waals surface area contributed by atoms with Gasteiger partial charge in [0.2, 0.25) is 0 Å². The number of halogens is 2. The van der Waals surface area contributed by atoms with Gasteiger partial charge in [0.05, 0.1) is 16.1 Å². The molecule has 4 unspecified atom stereocenters. The highest BCUT2D eigenvalue weighted by molar-refractivity contribution is 6.90. The van der Waals surface area contributed by atoms with E-state index in [1.54, 1.807) is 11.1 Å². The van der Waals surface area contributed by atoms with Crippen molar-refractivity contribution in [3.8, 4) is 0 Å². The Morgan fingerprint density at radius 2 is 0.980 bits per heavy atom. The molecule has 0 bridgehead atoms. The molecular formula is C44H52Cl2Si3. The summed E-state index contributed by atoms with van der Waals surface area (Å²) >= 11 is 13.9. The van der Waals surface area contributed by atoms with Crippen molar-refractivity contribution in [1.29, 1.82) is 0 Å². The van der Waals surface area contributed by atoms with E-state index in [2.05, 4.69) is 150 Å². The van der Waals surface area contributed by atoms with Crippen molar-refractivity contribution in [3.63, 3.8) is 0 Å². The predicted molar refractivity (Wildman–Crippen MR) is 224 cm³/mol. The zero-order valence-electron chi connectivity index (χ0n) is 30.6. The van der Waals surface area contributed by atoms with E-state index in [9.17, 15) is 0 Å². The molecular weight excluding hydrogens is 684 g/mol. The van der Waals surface area contributed by atoms with Gasteiger partial charge in [0.15, 0.2) is 0 Å². The summed E-state index contributed by atoms with van der Waals surface area (Å²) in [5, 5.41) is 4.56. The van der Waals surface area contributed by atoms with Gasteiger partial charge < -0.3 is 0 Å². The van der Waals surface area contributed by atoms with Gasteiger partial charge in [-0.05, 0) is 68.8 Å². The van der Waals surface area contributed by atoms with Crippen molar-refractivity contribution in [2.75, 3.05) is 0 Å². The lowest BCUT2D eigenvalue weighted by Crippen LogP contribution is -2.38. The van der Waals surface area contributed by atoms with Crippen LogP contribution < -0.4 is 10.4 Å². The van der Waals surface area contributed by atoms with Crippen LogP contribution in [0.15, 0.2) is 131 Å². The SMILES string of the molecule is CCC1=CC2=C(C=CC=CC2c2ccc([Si](C)(C)C)c(Cl)c2)C1C[Si]CC1C(CC)=CC2=C1C=CC=CC2c1ccc([Si](C)(C)C)c(Cl)c1. The average molecular weight is 736 g/mol. The minimum absolute atomic E-state index is 0.235. The van der Waals surface area contributed by atoms with Crippen molar-refractivity contribution in [3.05, 3.63) is 152 Å². The van der Waals surface area contributed by atoms with Gasteiger partial charge in [-0.25, -0.2) is 0 Å². The first-order valence-corrected chi connectivity index (χ1v) is 27.4. The van der Waals surface area contributed by atoms with Crippen molar-refractivity contribution < 1.29 is 0 Å². The van der Waals surface area contributed by atoms with Crippen LogP contribution in [0.4, 0.5) is 0 Å². The first-order valence-electron chi connectivity index (χ1n) is 18.2. The molecule has 0 amide bonds. The molecule has 2 radical (unpaired) electrons. The van der Waals surface area contributed by atoms with E-state index in [1.165, 1.54) is 55.9 Å². The summed E-state index contributed by atoms with van der Waals surface area (Å²) in [6.07, 6.45) is 25.8. The molecule has 5 heteroatoms. The molecule has 0 heterocycles. The lowest BCUT2D eigenvalue weighted by molar-refractivity contribution is 0.759. The smallest absolute Gasteiger partial charge is 0.0795 e. The molecule has 2 aromatic rings. The first-order chi connectivity index (χ1) is 23.3. The topological polar surface area (TPSA) is 0 Å². The minimum Gasteiger partial charge on any atom is -0.0845 e. The van der Waals surface area contributed by atoms with Crippen molar-refractivity contribution in [2.45, 2.75) is 89.9 Å². The summed E-state index contributed by atoms with van der Waals surface area (Å²) in [5.41, 5.74) is 11.7. The van der Waals surface area contributed by atoms with Crippen molar-refractivity contribution in [1.82, 2.24) is 0 Å². The molecule has 254 valence electrons. The zero-order valence-corrected chi connectivity index (χ0v) is 35.1. The molecule has 0 saturated carbocycles. The summed E-state index contributed by atoms with van der Waals surface area (Å²) in [6, 6.07) is 16.2. The Balaban J connectivity index is 1.23. The Labute approximate surface area is 311 Å². The quantitative estimate of drug-likeness (QED) is 0.213. The third kappa shape index (κ3) is 7.48. The summed E-state index contributed by atoms with van der Waals surface area (Å²) in [4.78, 5) is 0. The molecule has 0 fully saturated rings. The molecule has 4 aliphatic rings. The largest absolute Gasteiger partial charge is 0.0845 e. The summed E-state index contributed by atoms with van der Waals surface area (Å²) in [6.45, 7) is 18.9. The van der Waals surface area contributed by atoms with Crippen LogP contribution in [0.2, 0.25) is 61.4 Å². The molecule has 0 aromatic heterocycles. The van der Waals surface area contributed by atoms with E-state index in [0.29, 0.717) is 11.8 Å². The molecule has 2 aromatic carbocycles. The second-order valence-electron chi connectivity index (χ2n) is 16.2. The lowest BCUT2D eigenvalue weighted by atomic mass is 9.88. The van der Waals surface area contributed by atoms with Crippen LogP contribution >= 0.6 is 23.2 Å². The van der Waals surface area contributed by atoms with E-state index in [1.807, 2.05) is 0 Å². The Kier molecular flexibility index (Phi) is 10.9. The summed E-state index contributed by atoms with van der Waals surface area (Å²) in [7, 11) is -2.11. The maximum Gasteiger partial charge on any atom is 0.0795 e. The Morgan fingerprint density at radius 3 is 1.33 bits per heavy atom. The number of rotatable bonds is 10. The van der Waals surface area contributed by atoms with E-state index >= 15 is 0 Å². The number of hydrogen-bond donors (Lipinski definition) is 0. The van der Waals surface area contributed by atoms with Gasteiger partial charge in [0, 0.05) is 43.2 Å². The Hall–Kier alpha value is -2.41. The average Bonchev–Trinajstić information content (AvgIpc) is 3.37. The molecule has 6 rings (SSSR count). The normalized spacial score (nSPS) is 23.5. The highest BCUT2D eigenvalue weighted by Gasteiger charge is 2.33. The van der Waals surface area contributed by atoms with Crippen molar-refractivity contribution in [2.24, 2.45) is 11.8 Å². The van der Waals surface area contributed by atoms with Gasteiger partial charge in [-0.2, -0.15) is 0 Å². The fourth-order valence-corrected chi connectivity index (χ4v) is 14.7. The minimum atomic E-state index is -1.50. The van der Waals surface area contributed by atoms with Crippen LogP contribution in [0, 0.1) is 11.8 Å². The maximum absolute atomic E-state index is 6.93. The standard InChI is InChI=1S/C44H52Cl2Si3/c1-9-29-23-37-33(31-19-21-43(41(45)25-31)48(3,4)5)15-11-13-17-35(37)39(29)27-47-28-40-30(10-2)24-38-34(16-12-14-18-36(38)40)32-20-22-44(42(46)26-32)49(6,7)8/h11-26,33-34,39-40H,9-10,27-28H2,1-8H3. The molecule has 4 atom stereocenters. The van der Waals surface area contributed by atoms with Crippen LogP contribution in [0.1, 0.15) is 49.7 Å². The fourth-order valence-electron chi connectivity index (χ4n) is 8.21. The van der Waals surface area contributed by atoms with E-state index < -0.39 is 16.1 Å². The van der Waals surface area contributed by atoms with Gasteiger partial charge >= 0.3 is 0 Å². The van der Waals surface area contributed by atoms with E-state index in [-0.39, 0.29) is 11.8 Å². The van der Waals surface area contributed by atoms with E-state index in [4.69, 9.17) is 23.2 Å². The number of benzene rings is 2. The predicted octanol–water partition coefficient (Wildman–Crippen LogP) is 12.3. The van der Waals surface area contributed by atoms with Crippen molar-refractivity contribution >= 4 is 59.2 Å². The third-order valence-corrected chi connectivity index (χ3v) is 17.3. The molecule has 0 aliphatic heterocycles.